The predicted octanol–water partition coefficient (Wildman–Crippen LogP) is -3.76. The Kier molecular flexibility index (Phi) is 25.0. The molecule has 0 aromatic heterocycles. The first-order valence-electron chi connectivity index (χ1n) is 0.730. The zero-order valence-electron chi connectivity index (χ0n) is 3.81. The summed E-state index contributed by atoms with van der Waals surface area (Å²) in [5.41, 5.74) is 0. The zero-order chi connectivity index (χ0) is 4.50. The Bertz CT molecular complexity index is 58.6. The molecule has 0 atom stereocenters. The summed E-state index contributed by atoms with van der Waals surface area (Å²) in [6.07, 6.45) is 0. The van der Waals surface area contributed by atoms with Crippen molar-refractivity contribution in [2.75, 3.05) is 0 Å². The molecule has 0 aliphatic heterocycles. The topological polar surface area (TPSA) is 116 Å². The van der Waals surface area contributed by atoms with Gasteiger partial charge in [-0.1, -0.05) is 0 Å². The van der Waals surface area contributed by atoms with Crippen LogP contribution in [0.2, 0.25) is 0 Å². The van der Waals surface area contributed by atoms with Gasteiger partial charge in [-0.25, -0.2) is 0 Å². The average molecular weight is 179 g/mol. The van der Waals surface area contributed by atoms with E-state index in [9.17, 15) is 0 Å². The van der Waals surface area contributed by atoms with Gasteiger partial charge < -0.3 is 24.7 Å². The summed E-state index contributed by atoms with van der Waals surface area (Å²) in [6, 6.07) is 0. The first-order valence-corrected chi connectivity index (χ1v) is 2.19. The van der Waals surface area contributed by atoms with Crippen molar-refractivity contribution in [3.63, 3.8) is 0 Å². The minimum absolute atomic E-state index is 0. The van der Waals surface area contributed by atoms with Crippen LogP contribution in [0.1, 0.15) is 0 Å². The molecule has 0 heterocycles. The van der Waals surface area contributed by atoms with Crippen LogP contribution in [0.5, 0.6) is 0 Å². The maximum Gasteiger partial charge on any atom is 2.00 e. The molecular formula is HAlCaO5P-2. The molecular weight excluding hydrogens is 178 g/mol. The average Bonchev–Trinajstić information content (AvgIpc) is 0.722. The SMILES string of the molecule is O=P([O-])([O-])[O-].[Al].[Ca+2].[OH-]. The smallest absolute Gasteiger partial charge is 0.870 e. The minimum atomic E-state index is -5.39. The Morgan fingerprint density at radius 1 is 1.12 bits per heavy atom. The van der Waals surface area contributed by atoms with Crippen molar-refractivity contribution >= 4 is 62.9 Å². The Balaban J connectivity index is -0.0000000267. The second-order valence-corrected chi connectivity index (χ2v) is 1.34. The molecule has 0 rings (SSSR count). The molecule has 0 saturated carbocycles. The largest absolute Gasteiger partial charge is 2.00 e. The van der Waals surface area contributed by atoms with Crippen molar-refractivity contribution in [2.24, 2.45) is 0 Å². The van der Waals surface area contributed by atoms with Crippen molar-refractivity contribution < 1.29 is 24.7 Å². The van der Waals surface area contributed by atoms with E-state index in [1.165, 1.54) is 0 Å². The summed E-state index contributed by atoms with van der Waals surface area (Å²) in [4.78, 5) is 25.6. The molecule has 3 radical (unpaired) electrons. The molecule has 0 aliphatic rings. The zero-order valence-corrected chi connectivity index (χ0v) is 8.07. The van der Waals surface area contributed by atoms with Gasteiger partial charge in [-0.2, -0.15) is 7.82 Å². The van der Waals surface area contributed by atoms with Crippen LogP contribution in [0, 0.1) is 0 Å². The van der Waals surface area contributed by atoms with Crippen molar-refractivity contribution in [3.05, 3.63) is 0 Å². The van der Waals surface area contributed by atoms with Crippen LogP contribution in [0.4, 0.5) is 0 Å². The van der Waals surface area contributed by atoms with Crippen LogP contribution in [0.15, 0.2) is 0 Å². The van der Waals surface area contributed by atoms with Crippen molar-refractivity contribution in [3.8, 4) is 0 Å². The third kappa shape index (κ3) is 107. The number of rotatable bonds is 0. The summed E-state index contributed by atoms with van der Waals surface area (Å²) >= 11 is 0. The van der Waals surface area contributed by atoms with Gasteiger partial charge in [0.25, 0.3) is 0 Å². The minimum Gasteiger partial charge on any atom is -0.870 e. The molecule has 0 unspecified atom stereocenters. The standard InChI is InChI=1S/Al.Ca.H3O4P.H2O/c;;1-5(2,3)4;/h;;(H3,1,2,3,4);1H2/q;+2;;/p-4. The maximum atomic E-state index is 8.55. The van der Waals surface area contributed by atoms with Crippen LogP contribution < -0.4 is 14.7 Å². The van der Waals surface area contributed by atoms with E-state index in [1.807, 2.05) is 0 Å². The van der Waals surface area contributed by atoms with Gasteiger partial charge in [0.2, 0.25) is 0 Å². The van der Waals surface area contributed by atoms with E-state index in [0.29, 0.717) is 0 Å². The molecule has 0 spiro atoms. The second-order valence-electron chi connectivity index (χ2n) is 0.447. The van der Waals surface area contributed by atoms with Gasteiger partial charge in [-0.05, 0) is 0 Å². The van der Waals surface area contributed by atoms with Gasteiger partial charge in [0, 0.05) is 17.4 Å². The predicted molar refractivity (Wildman–Crippen MR) is 21.1 cm³/mol. The van der Waals surface area contributed by atoms with E-state index < -0.39 is 7.82 Å². The second kappa shape index (κ2) is 8.86. The van der Waals surface area contributed by atoms with Gasteiger partial charge in [0.05, 0.1) is 0 Å². The number of hydrogen-bond acceptors (Lipinski definition) is 5. The molecule has 0 saturated heterocycles. The van der Waals surface area contributed by atoms with Crippen molar-refractivity contribution in [1.29, 1.82) is 0 Å². The Hall–Kier alpha value is 1.86. The molecule has 0 bridgehead atoms. The molecule has 0 aromatic carbocycles. The van der Waals surface area contributed by atoms with E-state index in [2.05, 4.69) is 0 Å². The van der Waals surface area contributed by atoms with Crippen LogP contribution in [-0.4, -0.2) is 60.6 Å². The first-order chi connectivity index (χ1) is 2.00. The Morgan fingerprint density at radius 2 is 1.12 bits per heavy atom. The molecule has 0 aliphatic carbocycles. The van der Waals surface area contributed by atoms with Crippen molar-refractivity contribution in [2.45, 2.75) is 0 Å². The molecule has 1 N–H and O–H groups in total. The van der Waals surface area contributed by atoms with Gasteiger partial charge in [0.1, 0.15) is 0 Å². The van der Waals surface area contributed by atoms with Gasteiger partial charge in [-0.15, -0.1) is 0 Å². The van der Waals surface area contributed by atoms with Crippen molar-refractivity contribution in [1.82, 2.24) is 0 Å². The quantitative estimate of drug-likeness (QED) is 0.279. The summed E-state index contributed by atoms with van der Waals surface area (Å²) in [5.74, 6) is 0. The maximum absolute atomic E-state index is 8.55. The monoisotopic (exact) mass is 179 g/mol. The first kappa shape index (κ1) is 22.5. The third-order valence-electron chi connectivity index (χ3n) is 0. The van der Waals surface area contributed by atoms with Gasteiger partial charge in [0.15, 0.2) is 0 Å². The van der Waals surface area contributed by atoms with E-state index >= 15 is 0 Å². The van der Waals surface area contributed by atoms with E-state index in [0.717, 1.165) is 0 Å². The fraction of sp³-hybridized carbons (Fsp3) is 0. The van der Waals surface area contributed by atoms with E-state index in [1.54, 1.807) is 0 Å². The van der Waals surface area contributed by atoms with E-state index in [4.69, 9.17) is 19.2 Å². The summed E-state index contributed by atoms with van der Waals surface area (Å²) in [7, 11) is -5.39. The Morgan fingerprint density at radius 3 is 1.12 bits per heavy atom. The number of hydrogen-bond donors (Lipinski definition) is 0. The van der Waals surface area contributed by atoms with Crippen LogP contribution in [-0.2, 0) is 4.57 Å². The summed E-state index contributed by atoms with van der Waals surface area (Å²) in [6.45, 7) is 0. The summed E-state index contributed by atoms with van der Waals surface area (Å²) < 4.78 is 8.55. The summed E-state index contributed by atoms with van der Waals surface area (Å²) in [5, 5.41) is 0. The van der Waals surface area contributed by atoms with E-state index in [-0.39, 0.29) is 60.6 Å². The molecule has 8 heavy (non-hydrogen) atoms. The molecule has 0 aromatic rings. The number of phosphoric acid groups is 1. The van der Waals surface area contributed by atoms with Crippen LogP contribution in [0.25, 0.3) is 0 Å². The fourth-order valence-electron chi connectivity index (χ4n) is 0. The fourth-order valence-corrected chi connectivity index (χ4v) is 0. The normalized spacial score (nSPS) is 7.38. The third-order valence-corrected chi connectivity index (χ3v) is 0. The molecule has 0 fully saturated rings. The van der Waals surface area contributed by atoms with Crippen LogP contribution >= 0.6 is 7.82 Å². The molecule has 5 nitrogen and oxygen atoms in total. The molecule has 0 amide bonds. The Labute approximate surface area is 86.8 Å². The van der Waals surface area contributed by atoms with Crippen LogP contribution in [0.3, 0.4) is 0 Å². The van der Waals surface area contributed by atoms with Gasteiger partial charge in [-0.3, -0.25) is 0 Å². The van der Waals surface area contributed by atoms with Gasteiger partial charge >= 0.3 is 37.7 Å². The molecule has 8 heteroatoms. The molecule has 43 valence electrons.